The molecule has 154 valence electrons. The first-order chi connectivity index (χ1) is 14.4. The minimum atomic E-state index is -0.534. The van der Waals surface area contributed by atoms with Crippen molar-refractivity contribution in [3.05, 3.63) is 75.7 Å². The molecule has 1 amide bonds. The summed E-state index contributed by atoms with van der Waals surface area (Å²) in [7, 11) is 0. The van der Waals surface area contributed by atoms with Crippen LogP contribution < -0.4 is 16.0 Å². The van der Waals surface area contributed by atoms with Crippen LogP contribution in [0.3, 0.4) is 0 Å². The summed E-state index contributed by atoms with van der Waals surface area (Å²) in [6.45, 7) is 4.49. The number of rotatable bonds is 8. The van der Waals surface area contributed by atoms with Crippen LogP contribution in [-0.2, 0) is 0 Å². The number of nitro groups is 1. The Morgan fingerprint density at radius 3 is 2.60 bits per heavy atom. The van der Waals surface area contributed by atoms with Gasteiger partial charge < -0.3 is 16.0 Å². The average Bonchev–Trinajstić information content (AvgIpc) is 2.71. The van der Waals surface area contributed by atoms with Crippen molar-refractivity contribution in [2.75, 3.05) is 23.7 Å². The number of benzene rings is 1. The molecule has 0 spiro atoms. The van der Waals surface area contributed by atoms with Crippen molar-refractivity contribution >= 4 is 29.0 Å². The van der Waals surface area contributed by atoms with Crippen LogP contribution in [-0.4, -0.2) is 38.9 Å². The van der Waals surface area contributed by atoms with Crippen LogP contribution in [0.25, 0.3) is 0 Å². The Kier molecular flexibility index (Phi) is 6.48. The summed E-state index contributed by atoms with van der Waals surface area (Å²) in [6, 6.07) is 11.2. The van der Waals surface area contributed by atoms with E-state index in [1.807, 2.05) is 19.1 Å². The summed E-state index contributed by atoms with van der Waals surface area (Å²) >= 11 is 0. The molecule has 0 saturated heterocycles. The van der Waals surface area contributed by atoms with Gasteiger partial charge in [0.05, 0.1) is 4.92 Å². The molecule has 0 saturated carbocycles. The number of hydrogen-bond donors (Lipinski definition) is 3. The third kappa shape index (κ3) is 5.71. The number of carbonyl (C=O) groups excluding carboxylic acids is 1. The smallest absolute Gasteiger partial charge is 0.270 e. The third-order valence-electron chi connectivity index (χ3n) is 4.05. The van der Waals surface area contributed by atoms with E-state index in [4.69, 9.17) is 0 Å². The number of aromatic nitrogens is 3. The molecule has 0 unspecified atom stereocenters. The lowest BCUT2D eigenvalue weighted by atomic mass is 10.2. The van der Waals surface area contributed by atoms with Gasteiger partial charge in [-0.15, -0.1) is 0 Å². The standard InChI is InChI=1S/C20H21N7O3/c1-13-6-7-21-17(10-13)26-19-12-18(24-14(2)25-19)22-8-9-23-20(28)15-4-3-5-16(11-15)27(29)30/h3-7,10-12H,8-9H2,1-2H3,(H,23,28)(H2,21,22,24,25,26). The molecule has 0 aliphatic heterocycles. The molecule has 0 fully saturated rings. The summed E-state index contributed by atoms with van der Waals surface area (Å²) in [4.78, 5) is 35.4. The number of hydrogen-bond acceptors (Lipinski definition) is 8. The van der Waals surface area contributed by atoms with E-state index in [2.05, 4.69) is 30.9 Å². The molecule has 10 nitrogen and oxygen atoms in total. The Bertz CT molecular complexity index is 1070. The first-order valence-electron chi connectivity index (χ1n) is 9.22. The van der Waals surface area contributed by atoms with Crippen molar-refractivity contribution < 1.29 is 9.72 Å². The van der Waals surface area contributed by atoms with E-state index < -0.39 is 4.92 Å². The van der Waals surface area contributed by atoms with E-state index in [9.17, 15) is 14.9 Å². The molecule has 3 aromatic rings. The fraction of sp³-hybridized carbons (Fsp3) is 0.200. The lowest BCUT2D eigenvalue weighted by molar-refractivity contribution is -0.384. The highest BCUT2D eigenvalue weighted by atomic mass is 16.6. The van der Waals surface area contributed by atoms with E-state index in [1.165, 1.54) is 24.3 Å². The van der Waals surface area contributed by atoms with Gasteiger partial charge in [-0.25, -0.2) is 15.0 Å². The summed E-state index contributed by atoms with van der Waals surface area (Å²) in [6.07, 6.45) is 1.72. The Hall–Kier alpha value is -4.08. The van der Waals surface area contributed by atoms with Gasteiger partial charge in [0.1, 0.15) is 23.3 Å². The lowest BCUT2D eigenvalue weighted by Crippen LogP contribution is -2.29. The summed E-state index contributed by atoms with van der Waals surface area (Å²) in [5.74, 6) is 2.08. The molecule has 30 heavy (non-hydrogen) atoms. The normalized spacial score (nSPS) is 10.3. The van der Waals surface area contributed by atoms with E-state index in [0.29, 0.717) is 36.4 Å². The van der Waals surface area contributed by atoms with Crippen molar-refractivity contribution in [1.82, 2.24) is 20.3 Å². The van der Waals surface area contributed by atoms with Crippen molar-refractivity contribution in [2.45, 2.75) is 13.8 Å². The largest absolute Gasteiger partial charge is 0.368 e. The molecule has 1 aromatic carbocycles. The predicted molar refractivity (Wildman–Crippen MR) is 113 cm³/mol. The minimum Gasteiger partial charge on any atom is -0.368 e. The van der Waals surface area contributed by atoms with Gasteiger partial charge in [0.15, 0.2) is 0 Å². The maximum Gasteiger partial charge on any atom is 0.270 e. The second-order valence-electron chi connectivity index (χ2n) is 6.52. The Labute approximate surface area is 172 Å². The van der Waals surface area contributed by atoms with Gasteiger partial charge in [0, 0.05) is 43.0 Å². The molecular formula is C20H21N7O3. The first-order valence-corrected chi connectivity index (χ1v) is 9.22. The van der Waals surface area contributed by atoms with Crippen LogP contribution in [0.5, 0.6) is 0 Å². The van der Waals surface area contributed by atoms with Gasteiger partial charge in [0.2, 0.25) is 0 Å². The molecule has 0 aliphatic carbocycles. The summed E-state index contributed by atoms with van der Waals surface area (Å²) in [5, 5.41) is 19.8. The van der Waals surface area contributed by atoms with Gasteiger partial charge in [-0.05, 0) is 37.6 Å². The number of nitro benzene ring substituents is 1. The zero-order chi connectivity index (χ0) is 21.5. The molecule has 0 atom stereocenters. The van der Waals surface area contributed by atoms with Crippen LogP contribution in [0.1, 0.15) is 21.7 Å². The average molecular weight is 407 g/mol. The molecule has 0 aliphatic rings. The van der Waals surface area contributed by atoms with Crippen LogP contribution in [0.15, 0.2) is 48.7 Å². The Morgan fingerprint density at radius 2 is 1.83 bits per heavy atom. The monoisotopic (exact) mass is 407 g/mol. The summed E-state index contributed by atoms with van der Waals surface area (Å²) < 4.78 is 0. The van der Waals surface area contributed by atoms with Crippen molar-refractivity contribution in [3.63, 3.8) is 0 Å². The molecule has 0 bridgehead atoms. The van der Waals surface area contributed by atoms with E-state index >= 15 is 0 Å². The van der Waals surface area contributed by atoms with Crippen LogP contribution in [0, 0.1) is 24.0 Å². The highest BCUT2D eigenvalue weighted by molar-refractivity contribution is 5.94. The SMILES string of the molecule is Cc1ccnc(Nc2cc(NCCNC(=O)c3cccc([N+](=O)[O-])c3)nc(C)n2)c1. The van der Waals surface area contributed by atoms with Crippen molar-refractivity contribution in [1.29, 1.82) is 0 Å². The zero-order valence-corrected chi connectivity index (χ0v) is 16.5. The van der Waals surface area contributed by atoms with Crippen molar-refractivity contribution in [2.24, 2.45) is 0 Å². The number of pyridine rings is 1. The predicted octanol–water partition coefficient (Wildman–Crippen LogP) is 2.98. The van der Waals surface area contributed by atoms with Gasteiger partial charge in [0.25, 0.3) is 11.6 Å². The Morgan fingerprint density at radius 1 is 1.03 bits per heavy atom. The number of anilines is 3. The van der Waals surface area contributed by atoms with E-state index in [-0.39, 0.29) is 17.2 Å². The van der Waals surface area contributed by atoms with Crippen LogP contribution >= 0.6 is 0 Å². The topological polar surface area (TPSA) is 135 Å². The first kappa shape index (κ1) is 20.6. The second-order valence-corrected chi connectivity index (χ2v) is 6.52. The highest BCUT2D eigenvalue weighted by Gasteiger charge is 2.11. The molecule has 3 rings (SSSR count). The minimum absolute atomic E-state index is 0.125. The number of amides is 1. The molecular weight excluding hydrogens is 386 g/mol. The molecule has 10 heteroatoms. The van der Waals surface area contributed by atoms with Gasteiger partial charge >= 0.3 is 0 Å². The fourth-order valence-electron chi connectivity index (χ4n) is 2.69. The van der Waals surface area contributed by atoms with Gasteiger partial charge in [-0.3, -0.25) is 14.9 Å². The molecule has 2 heterocycles. The molecule has 3 N–H and O–H groups in total. The number of nitrogens with one attached hydrogen (secondary N) is 3. The molecule has 2 aromatic heterocycles. The highest BCUT2D eigenvalue weighted by Crippen LogP contribution is 2.16. The van der Waals surface area contributed by atoms with Gasteiger partial charge in [-0.1, -0.05) is 6.07 Å². The van der Waals surface area contributed by atoms with E-state index in [1.54, 1.807) is 19.2 Å². The summed E-state index contributed by atoms with van der Waals surface area (Å²) in [5.41, 5.74) is 1.19. The fourth-order valence-corrected chi connectivity index (χ4v) is 2.69. The number of carbonyl (C=O) groups is 1. The maximum absolute atomic E-state index is 12.2. The van der Waals surface area contributed by atoms with E-state index in [0.717, 1.165) is 5.56 Å². The van der Waals surface area contributed by atoms with Crippen molar-refractivity contribution in [3.8, 4) is 0 Å². The van der Waals surface area contributed by atoms with Crippen LogP contribution in [0.2, 0.25) is 0 Å². The second kappa shape index (κ2) is 9.41. The third-order valence-corrected chi connectivity index (χ3v) is 4.05. The zero-order valence-electron chi connectivity index (χ0n) is 16.5. The number of non-ortho nitro benzene ring substituents is 1. The maximum atomic E-state index is 12.2. The number of aryl methyl sites for hydroxylation is 2. The molecule has 0 radical (unpaired) electrons. The Balaban J connectivity index is 1.54. The van der Waals surface area contributed by atoms with Crippen LogP contribution in [0.4, 0.5) is 23.1 Å². The lowest BCUT2D eigenvalue weighted by Gasteiger charge is -2.11. The number of nitrogens with zero attached hydrogens (tertiary/aromatic N) is 4. The quantitative estimate of drug-likeness (QED) is 0.295. The van der Waals surface area contributed by atoms with Gasteiger partial charge in [-0.2, -0.15) is 0 Å².